The molecule has 2 atom stereocenters. The third-order valence-electron chi connectivity index (χ3n) is 3.83. The summed E-state index contributed by atoms with van der Waals surface area (Å²) in [4.78, 5) is 34.3. The van der Waals surface area contributed by atoms with Crippen LogP contribution in [-0.4, -0.2) is 33.9 Å². The van der Waals surface area contributed by atoms with Crippen LogP contribution in [0.1, 0.15) is 23.8 Å². The van der Waals surface area contributed by atoms with E-state index in [1.54, 1.807) is 4.90 Å². The summed E-state index contributed by atoms with van der Waals surface area (Å²) in [5.41, 5.74) is 6.50. The maximum absolute atomic E-state index is 12.6. The fourth-order valence-electron chi connectivity index (χ4n) is 2.77. The van der Waals surface area contributed by atoms with Crippen molar-refractivity contribution in [2.75, 3.05) is 10.6 Å². The molecule has 1 aromatic carbocycles. The Bertz CT molecular complexity index is 734. The molecular weight excluding hydrogens is 294 g/mol. The molecule has 1 fully saturated rings. The Kier molecular flexibility index (Phi) is 3.92. The number of anilines is 2. The molecule has 1 aliphatic rings. The van der Waals surface area contributed by atoms with Gasteiger partial charge in [-0.1, -0.05) is 18.2 Å². The third kappa shape index (κ3) is 2.85. The number of rotatable bonds is 3. The van der Waals surface area contributed by atoms with Crippen molar-refractivity contribution in [1.29, 1.82) is 0 Å². The molecule has 0 saturated carbocycles. The van der Waals surface area contributed by atoms with Crippen molar-refractivity contribution in [3.63, 3.8) is 0 Å². The average molecular weight is 311 g/mol. The molecule has 3 rings (SSSR count). The summed E-state index contributed by atoms with van der Waals surface area (Å²) in [7, 11) is 0. The summed E-state index contributed by atoms with van der Waals surface area (Å²) in [6, 6.07) is 8.79. The second-order valence-electron chi connectivity index (χ2n) is 5.44. The molecule has 0 spiro atoms. The number of nitrogens with zero attached hydrogens (tertiary/aromatic N) is 3. The highest BCUT2D eigenvalue weighted by molar-refractivity contribution is 6.04. The van der Waals surface area contributed by atoms with Crippen molar-refractivity contribution in [2.24, 2.45) is 0 Å². The van der Waals surface area contributed by atoms with Crippen LogP contribution in [0.2, 0.25) is 0 Å². The first-order valence-electron chi connectivity index (χ1n) is 7.33. The van der Waals surface area contributed by atoms with Gasteiger partial charge in [0.1, 0.15) is 6.04 Å². The smallest absolute Gasteiger partial charge is 0.274 e. The Morgan fingerprint density at radius 1 is 1.26 bits per heavy atom. The van der Waals surface area contributed by atoms with Crippen molar-refractivity contribution in [1.82, 2.24) is 15.3 Å². The molecule has 2 amide bonds. The molecule has 0 radical (unpaired) electrons. The first kappa shape index (κ1) is 15.0. The molecule has 0 bridgehead atoms. The largest absolute Gasteiger partial charge is 0.382 e. The minimum Gasteiger partial charge on any atom is -0.382 e. The van der Waals surface area contributed by atoms with Gasteiger partial charge in [-0.25, -0.2) is 9.97 Å². The van der Waals surface area contributed by atoms with E-state index in [2.05, 4.69) is 15.3 Å². The summed E-state index contributed by atoms with van der Waals surface area (Å²) in [6.07, 6.45) is 3.33. The fourth-order valence-corrected chi connectivity index (χ4v) is 2.77. The first-order chi connectivity index (χ1) is 11.1. The van der Waals surface area contributed by atoms with Crippen molar-refractivity contribution in [2.45, 2.75) is 25.4 Å². The fraction of sp³-hybridized carbons (Fsp3) is 0.250. The molecular formula is C16H17N5O2. The number of carbonyl (C=O) groups excluding carboxylic acids is 2. The highest BCUT2D eigenvalue weighted by atomic mass is 16.2. The number of hydrogen-bond donors (Lipinski definition) is 2. The molecule has 1 saturated heterocycles. The van der Waals surface area contributed by atoms with Crippen molar-refractivity contribution in [3.05, 3.63) is 48.4 Å². The van der Waals surface area contributed by atoms with Crippen LogP contribution in [-0.2, 0) is 4.79 Å². The Hall–Kier alpha value is -2.96. The molecule has 7 nitrogen and oxygen atoms in total. The third-order valence-corrected chi connectivity index (χ3v) is 3.83. The van der Waals surface area contributed by atoms with Crippen molar-refractivity contribution < 1.29 is 9.59 Å². The van der Waals surface area contributed by atoms with Crippen LogP contribution in [0.3, 0.4) is 0 Å². The molecule has 0 aliphatic carbocycles. The lowest BCUT2D eigenvalue weighted by atomic mass is 10.2. The maximum atomic E-state index is 12.6. The van der Waals surface area contributed by atoms with Crippen LogP contribution >= 0.6 is 0 Å². The molecule has 2 unspecified atom stereocenters. The summed E-state index contributed by atoms with van der Waals surface area (Å²) in [5, 5.41) is 2.70. The van der Waals surface area contributed by atoms with Gasteiger partial charge in [0.05, 0.1) is 0 Å². The predicted molar refractivity (Wildman–Crippen MR) is 85.7 cm³/mol. The highest BCUT2D eigenvalue weighted by Crippen LogP contribution is 2.26. The molecule has 118 valence electrons. The van der Waals surface area contributed by atoms with Crippen LogP contribution in [0.15, 0.2) is 42.7 Å². The molecule has 2 heterocycles. The zero-order valence-electron chi connectivity index (χ0n) is 12.6. The van der Waals surface area contributed by atoms with Gasteiger partial charge in [0.15, 0.2) is 11.5 Å². The van der Waals surface area contributed by atoms with Gasteiger partial charge in [-0.2, -0.15) is 0 Å². The topological polar surface area (TPSA) is 101 Å². The van der Waals surface area contributed by atoms with E-state index in [9.17, 15) is 9.59 Å². The summed E-state index contributed by atoms with van der Waals surface area (Å²) < 4.78 is 0. The Morgan fingerprint density at radius 3 is 2.65 bits per heavy atom. The zero-order chi connectivity index (χ0) is 16.4. The molecule has 1 aromatic heterocycles. The predicted octanol–water partition coefficient (Wildman–Crippen LogP) is 0.983. The number of benzene rings is 1. The molecule has 7 heteroatoms. The summed E-state index contributed by atoms with van der Waals surface area (Å²) in [5.74, 6) is -0.584. The number of nitrogen functional groups attached to an aromatic ring is 1. The van der Waals surface area contributed by atoms with Gasteiger partial charge in [0, 0.05) is 24.1 Å². The van der Waals surface area contributed by atoms with Gasteiger partial charge in [0.25, 0.3) is 5.91 Å². The number of nitrogens with one attached hydrogen (secondary N) is 1. The van der Waals surface area contributed by atoms with E-state index in [0.29, 0.717) is 6.42 Å². The van der Waals surface area contributed by atoms with Crippen LogP contribution in [0.5, 0.6) is 0 Å². The van der Waals surface area contributed by atoms with Gasteiger partial charge in [0.2, 0.25) is 5.91 Å². The Morgan fingerprint density at radius 2 is 1.96 bits per heavy atom. The molecule has 23 heavy (non-hydrogen) atoms. The quantitative estimate of drug-likeness (QED) is 0.880. The lowest BCUT2D eigenvalue weighted by Crippen LogP contribution is -2.42. The normalized spacial score (nSPS) is 20.6. The lowest BCUT2D eigenvalue weighted by molar-refractivity contribution is -0.118. The zero-order valence-corrected chi connectivity index (χ0v) is 12.6. The van der Waals surface area contributed by atoms with Crippen LogP contribution < -0.4 is 16.0 Å². The number of hydrogen-bond acceptors (Lipinski definition) is 5. The van der Waals surface area contributed by atoms with Gasteiger partial charge in [-0.05, 0) is 25.5 Å². The Balaban J connectivity index is 1.77. The first-order valence-corrected chi connectivity index (χ1v) is 7.33. The van der Waals surface area contributed by atoms with Crippen LogP contribution in [0.25, 0.3) is 0 Å². The van der Waals surface area contributed by atoms with E-state index >= 15 is 0 Å². The minimum atomic E-state index is -0.598. The minimum absolute atomic E-state index is 0.00518. The van der Waals surface area contributed by atoms with Gasteiger partial charge < -0.3 is 16.0 Å². The van der Waals surface area contributed by atoms with E-state index in [0.717, 1.165) is 5.69 Å². The van der Waals surface area contributed by atoms with Gasteiger partial charge in [-0.15, -0.1) is 0 Å². The van der Waals surface area contributed by atoms with E-state index in [1.165, 1.54) is 12.4 Å². The average Bonchev–Trinajstić information content (AvgIpc) is 2.82. The van der Waals surface area contributed by atoms with Crippen molar-refractivity contribution >= 4 is 23.3 Å². The lowest BCUT2D eigenvalue weighted by Gasteiger charge is -2.21. The SMILES string of the molecule is CC1CC(NC(=O)c2nccnc2N)C(=O)N1c1ccccc1. The summed E-state index contributed by atoms with van der Waals surface area (Å²) in [6.45, 7) is 1.95. The second-order valence-corrected chi connectivity index (χ2v) is 5.44. The number of aromatic nitrogens is 2. The molecule has 3 N–H and O–H groups in total. The number of para-hydroxylation sites is 1. The maximum Gasteiger partial charge on any atom is 0.274 e. The molecule has 1 aliphatic heterocycles. The van der Waals surface area contributed by atoms with E-state index in [4.69, 9.17) is 5.73 Å². The van der Waals surface area contributed by atoms with Crippen molar-refractivity contribution in [3.8, 4) is 0 Å². The summed E-state index contributed by atoms with van der Waals surface area (Å²) >= 11 is 0. The van der Waals surface area contributed by atoms with Gasteiger partial charge >= 0.3 is 0 Å². The van der Waals surface area contributed by atoms with Crippen LogP contribution in [0.4, 0.5) is 11.5 Å². The Labute approximate surface area is 133 Å². The van der Waals surface area contributed by atoms with E-state index < -0.39 is 11.9 Å². The molecule has 2 aromatic rings. The second kappa shape index (κ2) is 6.04. The number of nitrogens with two attached hydrogens (primary N) is 1. The van der Waals surface area contributed by atoms with Gasteiger partial charge in [-0.3, -0.25) is 9.59 Å². The van der Waals surface area contributed by atoms with Crippen LogP contribution in [0, 0.1) is 0 Å². The highest BCUT2D eigenvalue weighted by Gasteiger charge is 2.39. The van der Waals surface area contributed by atoms with E-state index in [1.807, 2.05) is 37.3 Å². The number of amides is 2. The monoisotopic (exact) mass is 311 g/mol. The van der Waals surface area contributed by atoms with E-state index in [-0.39, 0.29) is 23.5 Å². The standard InChI is InChI=1S/C16H17N5O2/c1-10-9-12(16(23)21(10)11-5-3-2-4-6-11)20-15(22)13-14(17)19-8-7-18-13/h2-8,10,12H,9H2,1H3,(H2,17,19)(H,20,22). The number of carbonyl (C=O) groups is 2.